The molecule has 25 heavy (non-hydrogen) atoms. The molecule has 3 rings (SSSR count). The van der Waals surface area contributed by atoms with E-state index in [0.29, 0.717) is 28.9 Å². The molecule has 2 aromatic rings. The van der Waals surface area contributed by atoms with Gasteiger partial charge in [-0.05, 0) is 43.5 Å². The van der Waals surface area contributed by atoms with E-state index in [1.807, 2.05) is 0 Å². The Morgan fingerprint density at radius 2 is 1.96 bits per heavy atom. The Bertz CT molecular complexity index is 886. The minimum absolute atomic E-state index is 0.0111. The van der Waals surface area contributed by atoms with Gasteiger partial charge in [-0.2, -0.15) is 0 Å². The molecule has 1 aliphatic carbocycles. The van der Waals surface area contributed by atoms with E-state index >= 15 is 0 Å². The quantitative estimate of drug-likeness (QED) is 0.799. The predicted molar refractivity (Wildman–Crippen MR) is 91.5 cm³/mol. The number of carbonyl (C=O) groups excluding carboxylic acids is 3. The van der Waals surface area contributed by atoms with Gasteiger partial charge in [0.05, 0.1) is 5.69 Å². The summed E-state index contributed by atoms with van der Waals surface area (Å²) >= 11 is 0. The van der Waals surface area contributed by atoms with Crippen LogP contribution in [0, 0.1) is 12.7 Å². The molecule has 1 aromatic carbocycles. The third-order valence-corrected chi connectivity index (χ3v) is 4.20. The maximum Gasteiger partial charge on any atom is 0.272 e. The lowest BCUT2D eigenvalue weighted by Gasteiger charge is -2.09. The third-order valence-electron chi connectivity index (χ3n) is 4.20. The SMILES string of the molecule is CC(=O)Nc1cc(NC(=O)c2[nH]c3c(c2C)C(=O)CCC3)ccc1F. The van der Waals surface area contributed by atoms with Crippen molar-refractivity contribution in [3.8, 4) is 0 Å². The molecule has 0 radical (unpaired) electrons. The van der Waals surface area contributed by atoms with Crippen molar-refractivity contribution < 1.29 is 18.8 Å². The number of amides is 2. The second kappa shape index (κ2) is 6.51. The van der Waals surface area contributed by atoms with Crippen molar-refractivity contribution in [3.63, 3.8) is 0 Å². The third kappa shape index (κ3) is 3.31. The highest BCUT2D eigenvalue weighted by molar-refractivity contribution is 6.08. The van der Waals surface area contributed by atoms with Crippen molar-refractivity contribution in [2.75, 3.05) is 10.6 Å². The smallest absolute Gasteiger partial charge is 0.272 e. The van der Waals surface area contributed by atoms with E-state index in [-0.39, 0.29) is 11.5 Å². The molecule has 6 nitrogen and oxygen atoms in total. The first kappa shape index (κ1) is 16.9. The fourth-order valence-corrected chi connectivity index (χ4v) is 3.08. The van der Waals surface area contributed by atoms with E-state index in [4.69, 9.17) is 0 Å². The minimum Gasteiger partial charge on any atom is -0.354 e. The van der Waals surface area contributed by atoms with Crippen LogP contribution in [0.3, 0.4) is 0 Å². The molecule has 0 spiro atoms. The zero-order valence-corrected chi connectivity index (χ0v) is 14.0. The predicted octanol–water partition coefficient (Wildman–Crippen LogP) is 3.19. The number of halogens is 1. The summed E-state index contributed by atoms with van der Waals surface area (Å²) in [4.78, 5) is 38.7. The number of benzene rings is 1. The number of anilines is 2. The first-order valence-electron chi connectivity index (χ1n) is 8.00. The Morgan fingerprint density at radius 1 is 1.20 bits per heavy atom. The molecule has 1 aliphatic rings. The number of aryl methyl sites for hydroxylation is 1. The van der Waals surface area contributed by atoms with Gasteiger partial charge in [-0.1, -0.05) is 0 Å². The number of nitrogens with one attached hydrogen (secondary N) is 3. The molecule has 0 atom stereocenters. The number of rotatable bonds is 3. The number of aromatic amines is 1. The highest BCUT2D eigenvalue weighted by atomic mass is 19.1. The molecule has 0 bridgehead atoms. The molecule has 130 valence electrons. The number of ketones is 1. The number of H-pyrrole nitrogens is 1. The Morgan fingerprint density at radius 3 is 2.64 bits per heavy atom. The number of aromatic nitrogens is 1. The van der Waals surface area contributed by atoms with Crippen LogP contribution in [0.1, 0.15) is 51.9 Å². The van der Waals surface area contributed by atoms with Crippen molar-refractivity contribution >= 4 is 29.0 Å². The summed E-state index contributed by atoms with van der Waals surface area (Å²) in [7, 11) is 0. The lowest BCUT2D eigenvalue weighted by Crippen LogP contribution is -2.15. The normalized spacial score (nSPS) is 13.3. The molecule has 0 fully saturated rings. The number of hydrogen-bond acceptors (Lipinski definition) is 3. The maximum absolute atomic E-state index is 13.7. The fourth-order valence-electron chi connectivity index (χ4n) is 3.08. The van der Waals surface area contributed by atoms with E-state index in [1.165, 1.54) is 19.1 Å². The molecule has 0 aliphatic heterocycles. The van der Waals surface area contributed by atoms with Crippen LogP contribution in [-0.2, 0) is 11.2 Å². The summed E-state index contributed by atoms with van der Waals surface area (Å²) in [5.41, 5.74) is 2.68. The topological polar surface area (TPSA) is 91.1 Å². The standard InChI is InChI=1S/C18H18FN3O3/c1-9-16-13(4-3-5-15(16)24)22-17(9)18(25)21-11-6-7-12(19)14(8-11)20-10(2)23/h6-8,22H,3-5H2,1-2H3,(H,20,23)(H,21,25). The molecular formula is C18H18FN3O3. The molecular weight excluding hydrogens is 325 g/mol. The van der Waals surface area contributed by atoms with Gasteiger partial charge in [0, 0.05) is 30.3 Å². The number of carbonyl (C=O) groups is 3. The summed E-state index contributed by atoms with van der Waals surface area (Å²) < 4.78 is 13.7. The van der Waals surface area contributed by atoms with Gasteiger partial charge < -0.3 is 15.6 Å². The van der Waals surface area contributed by atoms with Crippen LogP contribution in [0.5, 0.6) is 0 Å². The largest absolute Gasteiger partial charge is 0.354 e. The Hall–Kier alpha value is -2.96. The summed E-state index contributed by atoms with van der Waals surface area (Å²) in [6.45, 7) is 3.01. The lowest BCUT2D eigenvalue weighted by atomic mass is 9.94. The van der Waals surface area contributed by atoms with E-state index < -0.39 is 17.6 Å². The van der Waals surface area contributed by atoms with Gasteiger partial charge in [-0.25, -0.2) is 4.39 Å². The maximum atomic E-state index is 13.7. The second-order valence-corrected chi connectivity index (χ2v) is 6.09. The summed E-state index contributed by atoms with van der Waals surface area (Å²) in [6, 6.07) is 3.91. The number of hydrogen-bond donors (Lipinski definition) is 3. The second-order valence-electron chi connectivity index (χ2n) is 6.09. The Balaban J connectivity index is 1.86. The van der Waals surface area contributed by atoms with Crippen molar-refractivity contribution in [2.45, 2.75) is 33.1 Å². The Kier molecular flexibility index (Phi) is 4.39. The van der Waals surface area contributed by atoms with Crippen LogP contribution in [0.2, 0.25) is 0 Å². The van der Waals surface area contributed by atoms with Gasteiger partial charge in [0.2, 0.25) is 5.91 Å². The lowest BCUT2D eigenvalue weighted by molar-refractivity contribution is -0.114. The van der Waals surface area contributed by atoms with E-state index in [1.54, 1.807) is 6.92 Å². The summed E-state index contributed by atoms with van der Waals surface area (Å²) in [5.74, 6) is -1.37. The van der Waals surface area contributed by atoms with Crippen molar-refractivity contribution in [1.82, 2.24) is 4.98 Å². The van der Waals surface area contributed by atoms with Crippen LogP contribution >= 0.6 is 0 Å². The van der Waals surface area contributed by atoms with E-state index in [9.17, 15) is 18.8 Å². The van der Waals surface area contributed by atoms with Gasteiger partial charge in [0.15, 0.2) is 5.78 Å². The van der Waals surface area contributed by atoms with Gasteiger partial charge in [-0.15, -0.1) is 0 Å². The van der Waals surface area contributed by atoms with Gasteiger partial charge >= 0.3 is 0 Å². The van der Waals surface area contributed by atoms with E-state index in [0.717, 1.165) is 24.6 Å². The van der Waals surface area contributed by atoms with Gasteiger partial charge in [-0.3, -0.25) is 14.4 Å². The van der Waals surface area contributed by atoms with Crippen molar-refractivity contribution in [1.29, 1.82) is 0 Å². The van der Waals surface area contributed by atoms with Gasteiger partial charge in [0.25, 0.3) is 5.91 Å². The summed E-state index contributed by atoms with van der Waals surface area (Å²) in [5, 5.41) is 5.03. The van der Waals surface area contributed by atoms with Gasteiger partial charge in [0.1, 0.15) is 11.5 Å². The monoisotopic (exact) mass is 343 g/mol. The zero-order valence-electron chi connectivity index (χ0n) is 14.0. The molecule has 1 heterocycles. The number of Topliss-reactive ketones (excluding diaryl/α,β-unsaturated/α-hetero) is 1. The molecule has 7 heteroatoms. The molecule has 3 N–H and O–H groups in total. The highest BCUT2D eigenvalue weighted by Crippen LogP contribution is 2.27. The molecule has 0 saturated heterocycles. The molecule has 0 unspecified atom stereocenters. The number of fused-ring (bicyclic) bond motifs is 1. The van der Waals surface area contributed by atoms with Crippen molar-refractivity contribution in [2.24, 2.45) is 0 Å². The minimum atomic E-state index is -0.592. The average molecular weight is 343 g/mol. The highest BCUT2D eigenvalue weighted by Gasteiger charge is 2.26. The average Bonchev–Trinajstić information content (AvgIpc) is 2.88. The fraction of sp³-hybridized carbons (Fsp3) is 0.278. The van der Waals surface area contributed by atoms with Crippen LogP contribution in [-0.4, -0.2) is 22.6 Å². The molecule has 0 saturated carbocycles. The van der Waals surface area contributed by atoms with Crippen LogP contribution < -0.4 is 10.6 Å². The first-order chi connectivity index (χ1) is 11.9. The first-order valence-corrected chi connectivity index (χ1v) is 8.00. The molecule has 1 aromatic heterocycles. The van der Waals surface area contributed by atoms with Crippen LogP contribution in [0.4, 0.5) is 15.8 Å². The van der Waals surface area contributed by atoms with E-state index in [2.05, 4.69) is 15.6 Å². The molecule has 2 amide bonds. The zero-order chi connectivity index (χ0) is 18.1. The Labute approximate surface area is 143 Å². The van der Waals surface area contributed by atoms with Crippen LogP contribution in [0.25, 0.3) is 0 Å². The van der Waals surface area contributed by atoms with Crippen molar-refractivity contribution in [3.05, 3.63) is 46.5 Å². The summed E-state index contributed by atoms with van der Waals surface area (Å²) in [6.07, 6.45) is 1.99. The van der Waals surface area contributed by atoms with Crippen LogP contribution in [0.15, 0.2) is 18.2 Å².